The van der Waals surface area contributed by atoms with E-state index < -0.39 is 22.5 Å². The zero-order valence-corrected chi connectivity index (χ0v) is 22.4. The highest BCUT2D eigenvalue weighted by atomic mass is 35.5. The van der Waals surface area contributed by atoms with Crippen LogP contribution in [0.4, 0.5) is 11.4 Å². The smallest absolute Gasteiger partial charge is 0.262 e. The number of ether oxygens (including phenoxy) is 1. The Morgan fingerprint density at radius 2 is 1.70 bits per heavy atom. The molecule has 2 N–H and O–H groups in total. The molecular weight excluding hydrogens is 563 g/mol. The lowest BCUT2D eigenvalue weighted by atomic mass is 10.2. The lowest BCUT2D eigenvalue weighted by molar-refractivity contribution is -0.119. The molecule has 9 nitrogen and oxygen atoms in total. The van der Waals surface area contributed by atoms with Gasteiger partial charge in [0.15, 0.2) is 6.61 Å². The van der Waals surface area contributed by atoms with E-state index in [2.05, 4.69) is 15.8 Å². The molecule has 0 atom stereocenters. The van der Waals surface area contributed by atoms with Crippen LogP contribution in [-0.4, -0.2) is 45.9 Å². The topological polar surface area (TPSA) is 117 Å². The van der Waals surface area contributed by atoms with Crippen molar-refractivity contribution >= 4 is 74.2 Å². The van der Waals surface area contributed by atoms with Gasteiger partial charge in [0.25, 0.3) is 11.8 Å². The van der Waals surface area contributed by atoms with Crippen molar-refractivity contribution in [3.05, 3.63) is 87.4 Å². The molecule has 3 aromatic rings. The standard InChI is InChI=1S/C24H21Cl3N4O5S/c1-37(34,35)31(21-7-3-6-20(26)24(21)27)14-22(32)30-28-13-16-8-10-19(11-9-16)36-15-23(33)29-18-5-2-4-17(25)12-18/h2-13H,14-15H2,1H3,(H,29,33)(H,30,32)/b28-13-. The molecule has 37 heavy (non-hydrogen) atoms. The van der Waals surface area contributed by atoms with E-state index in [1.165, 1.54) is 24.4 Å². The highest BCUT2D eigenvalue weighted by Gasteiger charge is 2.23. The Kier molecular flexibility index (Phi) is 9.76. The summed E-state index contributed by atoms with van der Waals surface area (Å²) in [6, 6.07) is 17.8. The Labute approximate surface area is 229 Å². The van der Waals surface area contributed by atoms with Gasteiger partial charge in [0.2, 0.25) is 10.0 Å². The second-order valence-electron chi connectivity index (χ2n) is 7.55. The second kappa shape index (κ2) is 12.8. The molecule has 0 unspecified atom stereocenters. The molecule has 0 heterocycles. The van der Waals surface area contributed by atoms with E-state index in [-0.39, 0.29) is 28.2 Å². The maximum atomic E-state index is 12.3. The number of sulfonamides is 1. The Bertz CT molecular complexity index is 1420. The molecule has 3 aromatic carbocycles. The minimum absolute atomic E-state index is 0.00939. The van der Waals surface area contributed by atoms with E-state index in [1.54, 1.807) is 48.5 Å². The first kappa shape index (κ1) is 28.3. The number of hydrogen-bond donors (Lipinski definition) is 2. The predicted octanol–water partition coefficient (Wildman–Crippen LogP) is 4.58. The molecule has 0 aromatic heterocycles. The van der Waals surface area contributed by atoms with Crippen LogP contribution in [0.25, 0.3) is 0 Å². The number of nitrogens with zero attached hydrogens (tertiary/aromatic N) is 2. The third kappa shape index (κ3) is 8.64. The van der Waals surface area contributed by atoms with E-state index in [1.807, 2.05) is 0 Å². The molecule has 0 aliphatic rings. The zero-order valence-electron chi connectivity index (χ0n) is 19.3. The molecule has 13 heteroatoms. The van der Waals surface area contributed by atoms with Crippen LogP contribution in [0, 0.1) is 0 Å². The molecule has 0 aliphatic heterocycles. The first-order chi connectivity index (χ1) is 17.5. The number of benzene rings is 3. The van der Waals surface area contributed by atoms with Crippen LogP contribution in [0.5, 0.6) is 5.75 Å². The van der Waals surface area contributed by atoms with Gasteiger partial charge in [-0.1, -0.05) is 46.9 Å². The quantitative estimate of drug-likeness (QED) is 0.268. The number of hydrogen-bond acceptors (Lipinski definition) is 6. The minimum Gasteiger partial charge on any atom is -0.484 e. The van der Waals surface area contributed by atoms with Crippen molar-refractivity contribution in [2.45, 2.75) is 0 Å². The predicted molar refractivity (Wildman–Crippen MR) is 146 cm³/mol. The SMILES string of the molecule is CS(=O)(=O)N(CC(=O)N/N=C\c1ccc(OCC(=O)Nc2cccc(Cl)c2)cc1)c1cccc(Cl)c1Cl. The van der Waals surface area contributed by atoms with Crippen LogP contribution in [0.3, 0.4) is 0 Å². The molecule has 0 aliphatic carbocycles. The fourth-order valence-electron chi connectivity index (χ4n) is 2.97. The molecule has 0 spiro atoms. The van der Waals surface area contributed by atoms with E-state index >= 15 is 0 Å². The summed E-state index contributed by atoms with van der Waals surface area (Å²) in [6.07, 6.45) is 2.32. The highest BCUT2D eigenvalue weighted by Crippen LogP contribution is 2.33. The number of nitrogens with one attached hydrogen (secondary N) is 2. The molecule has 2 amide bonds. The van der Waals surface area contributed by atoms with Crippen LogP contribution < -0.4 is 19.8 Å². The summed E-state index contributed by atoms with van der Waals surface area (Å²) in [6.45, 7) is -0.760. The summed E-state index contributed by atoms with van der Waals surface area (Å²) in [5.74, 6) is -0.592. The molecule has 194 valence electrons. The van der Waals surface area contributed by atoms with Crippen molar-refractivity contribution in [3.63, 3.8) is 0 Å². The number of halogens is 3. The monoisotopic (exact) mass is 582 g/mol. The number of anilines is 2. The van der Waals surface area contributed by atoms with Crippen molar-refractivity contribution in [2.75, 3.05) is 29.0 Å². The van der Waals surface area contributed by atoms with E-state index in [0.29, 0.717) is 22.0 Å². The van der Waals surface area contributed by atoms with Crippen LogP contribution >= 0.6 is 34.8 Å². The molecule has 0 saturated carbocycles. The normalized spacial score (nSPS) is 11.2. The van der Waals surface area contributed by atoms with Gasteiger partial charge >= 0.3 is 0 Å². The number of rotatable bonds is 10. The summed E-state index contributed by atoms with van der Waals surface area (Å²) in [4.78, 5) is 24.4. The highest BCUT2D eigenvalue weighted by molar-refractivity contribution is 7.92. The van der Waals surface area contributed by atoms with E-state index in [9.17, 15) is 18.0 Å². The average Bonchev–Trinajstić information content (AvgIpc) is 2.83. The van der Waals surface area contributed by atoms with Gasteiger partial charge in [-0.15, -0.1) is 0 Å². The van der Waals surface area contributed by atoms with Crippen LogP contribution in [0.15, 0.2) is 71.8 Å². The fourth-order valence-corrected chi connectivity index (χ4v) is 4.47. The Hall–Kier alpha value is -3.31. The third-order valence-corrected chi connectivity index (χ3v) is 6.82. The zero-order chi connectivity index (χ0) is 27.0. The van der Waals surface area contributed by atoms with E-state index in [0.717, 1.165) is 10.6 Å². The minimum atomic E-state index is -3.84. The number of amides is 2. The van der Waals surface area contributed by atoms with Crippen molar-refractivity contribution in [1.82, 2.24) is 5.43 Å². The lowest BCUT2D eigenvalue weighted by Crippen LogP contribution is -2.39. The molecular formula is C24H21Cl3N4O5S. The third-order valence-electron chi connectivity index (χ3n) is 4.65. The summed E-state index contributed by atoms with van der Waals surface area (Å²) in [7, 11) is -3.84. The molecule has 0 bridgehead atoms. The summed E-state index contributed by atoms with van der Waals surface area (Å²) >= 11 is 18.0. The number of hydrazone groups is 1. The number of carbonyl (C=O) groups excluding carboxylic acids is 2. The van der Waals surface area contributed by atoms with Gasteiger partial charge in [-0.25, -0.2) is 13.8 Å². The van der Waals surface area contributed by atoms with E-state index in [4.69, 9.17) is 39.5 Å². The molecule has 0 fully saturated rings. The van der Waals surface area contributed by atoms with Crippen molar-refractivity contribution in [3.8, 4) is 5.75 Å². The summed E-state index contributed by atoms with van der Waals surface area (Å²) in [5.41, 5.74) is 3.53. The van der Waals surface area contributed by atoms with Crippen LogP contribution in [-0.2, 0) is 19.6 Å². The van der Waals surface area contributed by atoms with Gasteiger partial charge in [0.1, 0.15) is 12.3 Å². The lowest BCUT2D eigenvalue weighted by Gasteiger charge is -2.22. The van der Waals surface area contributed by atoms with Gasteiger partial charge in [-0.05, 0) is 60.2 Å². The first-order valence-electron chi connectivity index (χ1n) is 10.5. The second-order valence-corrected chi connectivity index (χ2v) is 10.7. The number of carbonyl (C=O) groups is 2. The van der Waals surface area contributed by atoms with Crippen molar-refractivity contribution < 1.29 is 22.7 Å². The van der Waals surface area contributed by atoms with Gasteiger partial charge in [0.05, 0.1) is 28.2 Å². The van der Waals surface area contributed by atoms with Gasteiger partial charge in [0, 0.05) is 10.7 Å². The van der Waals surface area contributed by atoms with Crippen molar-refractivity contribution in [1.29, 1.82) is 0 Å². The maximum absolute atomic E-state index is 12.3. The van der Waals surface area contributed by atoms with Crippen LogP contribution in [0.1, 0.15) is 5.56 Å². The van der Waals surface area contributed by atoms with Crippen molar-refractivity contribution in [2.24, 2.45) is 5.10 Å². The summed E-state index contributed by atoms with van der Waals surface area (Å²) < 4.78 is 30.7. The fraction of sp³-hybridized carbons (Fsp3) is 0.125. The summed E-state index contributed by atoms with van der Waals surface area (Å²) in [5, 5.41) is 7.19. The van der Waals surface area contributed by atoms with Gasteiger partial charge in [-0.2, -0.15) is 5.10 Å². The Morgan fingerprint density at radius 3 is 2.38 bits per heavy atom. The average molecular weight is 584 g/mol. The van der Waals surface area contributed by atoms with Gasteiger partial charge < -0.3 is 10.1 Å². The largest absolute Gasteiger partial charge is 0.484 e. The first-order valence-corrected chi connectivity index (χ1v) is 13.5. The molecule has 0 saturated heterocycles. The maximum Gasteiger partial charge on any atom is 0.262 e. The Balaban J connectivity index is 1.52. The Morgan fingerprint density at radius 1 is 1.00 bits per heavy atom. The molecule has 3 rings (SSSR count). The van der Waals surface area contributed by atoms with Gasteiger partial charge in [-0.3, -0.25) is 13.9 Å². The molecule has 0 radical (unpaired) electrons. The van der Waals surface area contributed by atoms with Crippen LogP contribution in [0.2, 0.25) is 15.1 Å².